The molecule has 1 aliphatic rings. The van der Waals surface area contributed by atoms with Crippen molar-refractivity contribution in [3.05, 3.63) is 16.1 Å². The molecular weight excluding hydrogens is 206 g/mol. The summed E-state index contributed by atoms with van der Waals surface area (Å²) in [5.74, 6) is 0. The van der Waals surface area contributed by atoms with Gasteiger partial charge >= 0.3 is 0 Å². The van der Waals surface area contributed by atoms with E-state index in [2.05, 4.69) is 27.9 Å². The minimum atomic E-state index is 0.630. The molecule has 2 heterocycles. The fraction of sp³-hybridized carbons (Fsp3) is 0.727. The fourth-order valence-electron chi connectivity index (χ4n) is 1.87. The van der Waals surface area contributed by atoms with Crippen molar-refractivity contribution in [1.29, 1.82) is 0 Å². The van der Waals surface area contributed by atoms with Crippen LogP contribution in [0.15, 0.2) is 5.38 Å². The summed E-state index contributed by atoms with van der Waals surface area (Å²) in [6, 6.07) is 0.630. The molecule has 3 nitrogen and oxygen atoms in total. The van der Waals surface area contributed by atoms with Gasteiger partial charge in [0.2, 0.25) is 0 Å². The molecule has 1 unspecified atom stereocenters. The minimum absolute atomic E-state index is 0.630. The first-order chi connectivity index (χ1) is 7.38. The van der Waals surface area contributed by atoms with E-state index in [9.17, 15) is 0 Å². The van der Waals surface area contributed by atoms with Crippen molar-refractivity contribution >= 4 is 11.3 Å². The second-order valence-corrected chi connectivity index (χ2v) is 4.95. The lowest BCUT2D eigenvalue weighted by molar-refractivity contribution is 0.387. The highest BCUT2D eigenvalue weighted by molar-refractivity contribution is 7.09. The van der Waals surface area contributed by atoms with Gasteiger partial charge < -0.3 is 10.6 Å². The summed E-state index contributed by atoms with van der Waals surface area (Å²) < 4.78 is 0. The monoisotopic (exact) mass is 225 g/mol. The summed E-state index contributed by atoms with van der Waals surface area (Å²) in [5, 5.41) is 10.4. The molecule has 0 saturated carbocycles. The molecule has 2 N–H and O–H groups in total. The molecular formula is C11H19N3S. The maximum atomic E-state index is 4.55. The van der Waals surface area contributed by atoms with Gasteiger partial charge in [0.1, 0.15) is 0 Å². The molecule has 0 radical (unpaired) electrons. The number of nitrogens with zero attached hydrogens (tertiary/aromatic N) is 1. The average Bonchev–Trinajstić information content (AvgIpc) is 2.76. The Labute approximate surface area is 95.3 Å². The molecule has 84 valence electrons. The third-order valence-corrected chi connectivity index (χ3v) is 3.81. The Bertz CT molecular complexity index is 292. The zero-order valence-corrected chi connectivity index (χ0v) is 10.1. The number of rotatable bonds is 4. The van der Waals surface area contributed by atoms with E-state index in [0.29, 0.717) is 6.04 Å². The van der Waals surface area contributed by atoms with Crippen molar-refractivity contribution in [2.75, 3.05) is 13.1 Å². The van der Waals surface area contributed by atoms with Crippen LogP contribution in [0.3, 0.4) is 0 Å². The number of nitrogens with one attached hydrogen (secondary N) is 2. The second kappa shape index (κ2) is 5.58. The maximum Gasteiger partial charge on any atom is 0.0926 e. The summed E-state index contributed by atoms with van der Waals surface area (Å²) in [6.07, 6.45) is 3.63. The van der Waals surface area contributed by atoms with Gasteiger partial charge in [-0.05, 0) is 25.8 Å². The summed E-state index contributed by atoms with van der Waals surface area (Å²) in [5.41, 5.74) is 1.20. The van der Waals surface area contributed by atoms with Crippen LogP contribution < -0.4 is 10.6 Å². The highest BCUT2D eigenvalue weighted by Crippen LogP contribution is 2.10. The van der Waals surface area contributed by atoms with Crippen molar-refractivity contribution in [1.82, 2.24) is 15.6 Å². The molecule has 1 saturated heterocycles. The molecule has 15 heavy (non-hydrogen) atoms. The molecule has 1 fully saturated rings. The van der Waals surface area contributed by atoms with Crippen LogP contribution in [0.5, 0.6) is 0 Å². The molecule has 1 atom stereocenters. The van der Waals surface area contributed by atoms with Crippen molar-refractivity contribution in [3.63, 3.8) is 0 Å². The van der Waals surface area contributed by atoms with E-state index in [1.807, 2.05) is 0 Å². The number of hydrogen-bond acceptors (Lipinski definition) is 4. The van der Waals surface area contributed by atoms with Gasteiger partial charge in [-0.3, -0.25) is 0 Å². The molecule has 0 bridgehead atoms. The Morgan fingerprint density at radius 2 is 2.60 bits per heavy atom. The van der Waals surface area contributed by atoms with E-state index in [4.69, 9.17) is 0 Å². The summed E-state index contributed by atoms with van der Waals surface area (Å²) in [4.78, 5) is 4.55. The largest absolute Gasteiger partial charge is 0.315 e. The highest BCUT2D eigenvalue weighted by Gasteiger charge is 2.12. The van der Waals surface area contributed by atoms with E-state index in [1.165, 1.54) is 30.1 Å². The molecule has 1 aromatic rings. The van der Waals surface area contributed by atoms with Gasteiger partial charge in [-0.15, -0.1) is 11.3 Å². The smallest absolute Gasteiger partial charge is 0.0926 e. The molecule has 0 amide bonds. The van der Waals surface area contributed by atoms with Crippen molar-refractivity contribution < 1.29 is 0 Å². The third-order valence-electron chi connectivity index (χ3n) is 2.77. The SMILES string of the molecule is CCc1nc(CNC2CCCNC2)cs1. The average molecular weight is 225 g/mol. The second-order valence-electron chi connectivity index (χ2n) is 4.01. The van der Waals surface area contributed by atoms with Crippen LogP contribution in [-0.4, -0.2) is 24.1 Å². The van der Waals surface area contributed by atoms with E-state index in [0.717, 1.165) is 19.5 Å². The minimum Gasteiger partial charge on any atom is -0.315 e. The zero-order valence-electron chi connectivity index (χ0n) is 9.25. The molecule has 4 heteroatoms. The van der Waals surface area contributed by atoms with Gasteiger partial charge in [-0.2, -0.15) is 0 Å². The standard InChI is InChI=1S/C11H19N3S/c1-2-11-14-10(8-15-11)7-13-9-4-3-5-12-6-9/h8-9,12-13H,2-7H2,1H3. The Kier molecular flexibility index (Phi) is 4.11. The molecule has 0 aromatic carbocycles. The first-order valence-corrected chi connectivity index (χ1v) is 6.64. The van der Waals surface area contributed by atoms with Gasteiger partial charge in [-0.25, -0.2) is 4.98 Å². The Balaban J connectivity index is 1.76. The lowest BCUT2D eigenvalue weighted by Crippen LogP contribution is -2.42. The topological polar surface area (TPSA) is 37.0 Å². The first kappa shape index (κ1) is 11.0. The Hall–Kier alpha value is -0.450. The van der Waals surface area contributed by atoms with Crippen molar-refractivity contribution in [2.24, 2.45) is 0 Å². The molecule has 2 rings (SSSR count). The van der Waals surface area contributed by atoms with Crippen LogP contribution in [0, 0.1) is 0 Å². The van der Waals surface area contributed by atoms with Crippen LogP contribution >= 0.6 is 11.3 Å². The van der Waals surface area contributed by atoms with Gasteiger partial charge in [0.25, 0.3) is 0 Å². The van der Waals surface area contributed by atoms with Gasteiger partial charge in [0.15, 0.2) is 0 Å². The lowest BCUT2D eigenvalue weighted by Gasteiger charge is -2.23. The van der Waals surface area contributed by atoms with Gasteiger partial charge in [-0.1, -0.05) is 6.92 Å². The van der Waals surface area contributed by atoms with E-state index < -0.39 is 0 Å². The Morgan fingerprint density at radius 1 is 1.67 bits per heavy atom. The quantitative estimate of drug-likeness (QED) is 0.816. The lowest BCUT2D eigenvalue weighted by atomic mass is 10.1. The van der Waals surface area contributed by atoms with Crippen LogP contribution in [0.1, 0.15) is 30.5 Å². The van der Waals surface area contributed by atoms with Crippen molar-refractivity contribution in [2.45, 2.75) is 38.8 Å². The van der Waals surface area contributed by atoms with Crippen LogP contribution in [0.4, 0.5) is 0 Å². The summed E-state index contributed by atoms with van der Waals surface area (Å²) >= 11 is 1.77. The fourth-order valence-corrected chi connectivity index (χ4v) is 2.61. The molecule has 0 aliphatic carbocycles. The van der Waals surface area contributed by atoms with E-state index in [1.54, 1.807) is 11.3 Å². The third kappa shape index (κ3) is 3.26. The van der Waals surface area contributed by atoms with E-state index >= 15 is 0 Å². The summed E-state index contributed by atoms with van der Waals surface area (Å²) in [6.45, 7) is 5.35. The number of thiazole rings is 1. The van der Waals surface area contributed by atoms with Crippen LogP contribution in [0.2, 0.25) is 0 Å². The first-order valence-electron chi connectivity index (χ1n) is 5.76. The predicted molar refractivity (Wildman–Crippen MR) is 64.2 cm³/mol. The van der Waals surface area contributed by atoms with Crippen molar-refractivity contribution in [3.8, 4) is 0 Å². The number of aromatic nitrogens is 1. The number of aryl methyl sites for hydroxylation is 1. The molecule has 1 aromatic heterocycles. The normalized spacial score (nSPS) is 21.8. The zero-order chi connectivity index (χ0) is 10.5. The van der Waals surface area contributed by atoms with E-state index in [-0.39, 0.29) is 0 Å². The summed E-state index contributed by atoms with van der Waals surface area (Å²) in [7, 11) is 0. The maximum absolute atomic E-state index is 4.55. The molecule has 1 aliphatic heterocycles. The predicted octanol–water partition coefficient (Wildman–Crippen LogP) is 1.55. The van der Waals surface area contributed by atoms with Gasteiger partial charge in [0, 0.05) is 24.5 Å². The van der Waals surface area contributed by atoms with Crippen LogP contribution in [0.25, 0.3) is 0 Å². The number of hydrogen-bond donors (Lipinski definition) is 2. The van der Waals surface area contributed by atoms with Crippen LogP contribution in [-0.2, 0) is 13.0 Å². The Morgan fingerprint density at radius 3 is 3.27 bits per heavy atom. The highest BCUT2D eigenvalue weighted by atomic mass is 32.1. The van der Waals surface area contributed by atoms with Gasteiger partial charge in [0.05, 0.1) is 10.7 Å². The molecule has 0 spiro atoms. The number of piperidine rings is 1.